The molecule has 1 atom stereocenters. The van der Waals surface area contributed by atoms with Gasteiger partial charge >= 0.3 is 0 Å². The second kappa shape index (κ2) is 12.0. The van der Waals surface area contributed by atoms with Crippen LogP contribution in [-0.2, 0) is 6.42 Å². The Kier molecular flexibility index (Phi) is 11.2. The van der Waals surface area contributed by atoms with E-state index < -0.39 is 0 Å². The largest absolute Gasteiger partial charge is 0.0776 e. The van der Waals surface area contributed by atoms with Crippen LogP contribution in [0.25, 0.3) is 0 Å². The monoisotopic (exact) mass is 298 g/mol. The summed E-state index contributed by atoms with van der Waals surface area (Å²) in [6.45, 7) is 8.81. The summed E-state index contributed by atoms with van der Waals surface area (Å²) in [5.41, 5.74) is 4.26. The van der Waals surface area contributed by atoms with Crippen LogP contribution < -0.4 is 0 Å². The van der Waals surface area contributed by atoms with Gasteiger partial charge in [0.2, 0.25) is 0 Å². The van der Waals surface area contributed by atoms with Gasteiger partial charge in [-0.2, -0.15) is 0 Å². The van der Waals surface area contributed by atoms with Crippen LogP contribution in [0.15, 0.2) is 54.6 Å². The average Bonchev–Trinajstić information content (AvgIpc) is 2.55. The van der Waals surface area contributed by atoms with Crippen molar-refractivity contribution in [1.82, 2.24) is 0 Å². The normalized spacial score (nSPS) is 10.9. The maximum Gasteiger partial charge on any atom is -0.0165 e. The fourth-order valence-electron chi connectivity index (χ4n) is 2.50. The SMILES string of the molecule is C.CCCC(CC)c1ccccc1.CCc1ccc(C)cc1. The molecule has 0 saturated heterocycles. The molecule has 2 rings (SSSR count). The number of rotatable bonds is 5. The highest BCUT2D eigenvalue weighted by Gasteiger charge is 2.06. The molecule has 1 unspecified atom stereocenters. The van der Waals surface area contributed by atoms with Crippen LogP contribution in [0.2, 0.25) is 0 Å². The standard InChI is InChI=1S/C12H18.C9H12.CH4/c1-3-8-11(4-2)12-9-6-5-7-10-12;1-3-9-6-4-8(2)5-7-9;/h5-7,9-11H,3-4,8H2,1-2H3;4-7H,3H2,1-2H3;1H4. The van der Waals surface area contributed by atoms with Crippen LogP contribution >= 0.6 is 0 Å². The zero-order chi connectivity index (χ0) is 15.5. The lowest BCUT2D eigenvalue weighted by atomic mass is 9.92. The van der Waals surface area contributed by atoms with Crippen molar-refractivity contribution in [1.29, 1.82) is 0 Å². The van der Waals surface area contributed by atoms with Gasteiger partial charge in [0.1, 0.15) is 0 Å². The van der Waals surface area contributed by atoms with Gasteiger partial charge in [0.15, 0.2) is 0 Å². The van der Waals surface area contributed by atoms with E-state index in [1.165, 1.54) is 36.0 Å². The van der Waals surface area contributed by atoms with Gasteiger partial charge in [0.25, 0.3) is 0 Å². The number of hydrogen-bond donors (Lipinski definition) is 0. The Morgan fingerprint density at radius 1 is 0.818 bits per heavy atom. The molecule has 0 aromatic heterocycles. The highest BCUT2D eigenvalue weighted by molar-refractivity contribution is 5.21. The number of hydrogen-bond acceptors (Lipinski definition) is 0. The van der Waals surface area contributed by atoms with Crippen LogP contribution in [0.5, 0.6) is 0 Å². The predicted molar refractivity (Wildman–Crippen MR) is 102 cm³/mol. The van der Waals surface area contributed by atoms with E-state index >= 15 is 0 Å². The molecule has 22 heavy (non-hydrogen) atoms. The molecule has 0 nitrogen and oxygen atoms in total. The molecule has 0 heterocycles. The van der Waals surface area contributed by atoms with E-state index in [1.54, 1.807) is 0 Å². The van der Waals surface area contributed by atoms with E-state index in [2.05, 4.69) is 82.3 Å². The first kappa shape index (κ1) is 20.4. The minimum absolute atomic E-state index is 0. The smallest absolute Gasteiger partial charge is 0.0165 e. The zero-order valence-electron chi connectivity index (χ0n) is 14.1. The lowest BCUT2D eigenvalue weighted by molar-refractivity contribution is 0.596. The fraction of sp³-hybridized carbons (Fsp3) is 0.455. The maximum absolute atomic E-state index is 2.27. The second-order valence-electron chi connectivity index (χ2n) is 5.64. The topological polar surface area (TPSA) is 0 Å². The third-order valence-corrected chi connectivity index (χ3v) is 3.93. The Hall–Kier alpha value is -1.56. The summed E-state index contributed by atoms with van der Waals surface area (Å²) in [7, 11) is 0. The lowest BCUT2D eigenvalue weighted by Gasteiger charge is -2.13. The van der Waals surface area contributed by atoms with E-state index in [1.807, 2.05) is 0 Å². The van der Waals surface area contributed by atoms with Gasteiger partial charge in [-0.15, -0.1) is 0 Å². The van der Waals surface area contributed by atoms with Crippen LogP contribution in [-0.4, -0.2) is 0 Å². The molecule has 2 aromatic rings. The van der Waals surface area contributed by atoms with Crippen molar-refractivity contribution in [2.45, 2.75) is 66.7 Å². The molecule has 0 radical (unpaired) electrons. The molecule has 0 N–H and O–H groups in total. The van der Waals surface area contributed by atoms with E-state index in [-0.39, 0.29) is 7.43 Å². The van der Waals surface area contributed by atoms with E-state index in [9.17, 15) is 0 Å². The summed E-state index contributed by atoms with van der Waals surface area (Å²) in [4.78, 5) is 0. The van der Waals surface area contributed by atoms with E-state index in [0.717, 1.165) is 12.3 Å². The summed E-state index contributed by atoms with van der Waals surface area (Å²) >= 11 is 0. The summed E-state index contributed by atoms with van der Waals surface area (Å²) in [6, 6.07) is 19.5. The Morgan fingerprint density at radius 3 is 1.86 bits per heavy atom. The zero-order valence-corrected chi connectivity index (χ0v) is 14.1. The molecule has 0 aliphatic heterocycles. The van der Waals surface area contributed by atoms with Crippen LogP contribution in [0, 0.1) is 6.92 Å². The van der Waals surface area contributed by atoms with Gasteiger partial charge in [0, 0.05) is 0 Å². The van der Waals surface area contributed by atoms with Crippen LogP contribution in [0.4, 0.5) is 0 Å². The van der Waals surface area contributed by atoms with Gasteiger partial charge in [-0.05, 0) is 43.2 Å². The third kappa shape index (κ3) is 7.45. The van der Waals surface area contributed by atoms with Crippen molar-refractivity contribution >= 4 is 0 Å². The Balaban J connectivity index is 0.000000397. The Bertz CT molecular complexity index is 467. The van der Waals surface area contributed by atoms with Crippen molar-refractivity contribution in [2.75, 3.05) is 0 Å². The Labute approximate surface area is 138 Å². The molecule has 0 amide bonds. The minimum atomic E-state index is 0. The van der Waals surface area contributed by atoms with Crippen molar-refractivity contribution < 1.29 is 0 Å². The molecular weight excluding hydrogens is 264 g/mol. The van der Waals surface area contributed by atoms with Crippen LogP contribution in [0.1, 0.15) is 70.1 Å². The van der Waals surface area contributed by atoms with Gasteiger partial charge in [0.05, 0.1) is 0 Å². The molecule has 0 aliphatic rings. The van der Waals surface area contributed by atoms with Crippen molar-refractivity contribution in [3.05, 3.63) is 71.3 Å². The maximum atomic E-state index is 2.27. The first-order valence-corrected chi connectivity index (χ1v) is 8.31. The number of aryl methyl sites for hydroxylation is 2. The lowest BCUT2D eigenvalue weighted by Crippen LogP contribution is -1.95. The van der Waals surface area contributed by atoms with Crippen LogP contribution in [0.3, 0.4) is 0 Å². The molecule has 0 saturated carbocycles. The van der Waals surface area contributed by atoms with Gasteiger partial charge < -0.3 is 0 Å². The molecule has 122 valence electrons. The fourth-order valence-corrected chi connectivity index (χ4v) is 2.50. The van der Waals surface area contributed by atoms with Gasteiger partial charge in [-0.25, -0.2) is 0 Å². The first-order valence-electron chi connectivity index (χ1n) is 8.31. The summed E-state index contributed by atoms with van der Waals surface area (Å²) in [5, 5.41) is 0. The Morgan fingerprint density at radius 2 is 1.41 bits per heavy atom. The molecule has 0 bridgehead atoms. The highest BCUT2D eigenvalue weighted by atomic mass is 14.1. The molecule has 2 aromatic carbocycles. The van der Waals surface area contributed by atoms with E-state index in [0.29, 0.717) is 0 Å². The first-order chi connectivity index (χ1) is 10.2. The quantitative estimate of drug-likeness (QED) is 0.548. The van der Waals surface area contributed by atoms with Crippen molar-refractivity contribution in [2.24, 2.45) is 0 Å². The highest BCUT2D eigenvalue weighted by Crippen LogP contribution is 2.23. The number of benzene rings is 2. The third-order valence-electron chi connectivity index (χ3n) is 3.93. The minimum Gasteiger partial charge on any atom is -0.0776 e. The predicted octanol–water partition coefficient (Wildman–Crippen LogP) is 7.17. The van der Waals surface area contributed by atoms with Crippen molar-refractivity contribution in [3.8, 4) is 0 Å². The summed E-state index contributed by atoms with van der Waals surface area (Å²) in [6.07, 6.45) is 5.01. The van der Waals surface area contributed by atoms with Gasteiger partial charge in [-0.3, -0.25) is 0 Å². The van der Waals surface area contributed by atoms with Gasteiger partial charge in [-0.1, -0.05) is 94.8 Å². The second-order valence-corrected chi connectivity index (χ2v) is 5.64. The molecular formula is C22H34. The molecule has 0 fully saturated rings. The molecule has 0 aliphatic carbocycles. The average molecular weight is 299 g/mol. The molecule has 0 spiro atoms. The van der Waals surface area contributed by atoms with E-state index in [4.69, 9.17) is 0 Å². The molecule has 0 heteroatoms. The summed E-state index contributed by atoms with van der Waals surface area (Å²) in [5.74, 6) is 0.774. The van der Waals surface area contributed by atoms with Crippen molar-refractivity contribution in [3.63, 3.8) is 0 Å². The summed E-state index contributed by atoms with van der Waals surface area (Å²) < 4.78 is 0.